The second-order valence-corrected chi connectivity index (χ2v) is 5.42. The summed E-state index contributed by atoms with van der Waals surface area (Å²) in [5.41, 5.74) is 2.78. The minimum absolute atomic E-state index is 0.146. The second kappa shape index (κ2) is 4.62. The lowest BCUT2D eigenvalue weighted by molar-refractivity contribution is 0.0637. The first-order valence-electron chi connectivity index (χ1n) is 6.40. The summed E-state index contributed by atoms with van der Waals surface area (Å²) in [6.45, 7) is 5.64. The molecule has 0 aliphatic heterocycles. The van der Waals surface area contributed by atoms with Crippen molar-refractivity contribution < 1.29 is 5.11 Å². The molecule has 2 heteroatoms. The van der Waals surface area contributed by atoms with Crippen molar-refractivity contribution in [3.63, 3.8) is 0 Å². The van der Waals surface area contributed by atoms with Crippen LogP contribution in [-0.2, 0) is 6.54 Å². The summed E-state index contributed by atoms with van der Waals surface area (Å²) in [5.74, 6) is 0. The molecule has 1 aliphatic rings. The summed E-state index contributed by atoms with van der Waals surface area (Å²) in [7, 11) is 0. The number of aliphatic hydroxyl groups excluding tert-OH is 1. The van der Waals surface area contributed by atoms with E-state index in [0.29, 0.717) is 6.61 Å². The molecule has 0 bridgehead atoms. The van der Waals surface area contributed by atoms with Crippen molar-refractivity contribution in [2.24, 2.45) is 5.41 Å². The van der Waals surface area contributed by atoms with Gasteiger partial charge in [-0.05, 0) is 38.8 Å². The molecule has 0 atom stereocenters. The molecule has 0 radical (unpaired) electrons. The summed E-state index contributed by atoms with van der Waals surface area (Å²) < 4.78 is 2.36. The summed E-state index contributed by atoms with van der Waals surface area (Å²) >= 11 is 0. The lowest BCUT2D eigenvalue weighted by Gasteiger charge is -2.36. The van der Waals surface area contributed by atoms with Gasteiger partial charge >= 0.3 is 0 Å². The molecule has 0 spiro atoms. The highest BCUT2D eigenvalue weighted by atomic mass is 16.3. The van der Waals surface area contributed by atoms with E-state index in [0.717, 1.165) is 6.54 Å². The van der Waals surface area contributed by atoms with Gasteiger partial charge < -0.3 is 9.67 Å². The molecule has 1 N–H and O–H groups in total. The van der Waals surface area contributed by atoms with Crippen molar-refractivity contribution in [2.45, 2.75) is 52.5 Å². The van der Waals surface area contributed by atoms with Gasteiger partial charge in [0.15, 0.2) is 0 Å². The molecule has 1 heterocycles. The highest BCUT2D eigenvalue weighted by molar-refractivity contribution is 5.14. The maximum Gasteiger partial charge on any atom is 0.0504 e. The van der Waals surface area contributed by atoms with Crippen LogP contribution in [0.3, 0.4) is 0 Å². The highest BCUT2D eigenvalue weighted by Gasteiger charge is 2.32. The first kappa shape index (κ1) is 11.7. The van der Waals surface area contributed by atoms with E-state index >= 15 is 0 Å². The largest absolute Gasteiger partial charge is 0.396 e. The fraction of sp³-hybridized carbons (Fsp3) is 0.714. The normalized spacial score (nSPS) is 19.9. The average molecular weight is 221 g/mol. The molecule has 0 unspecified atom stereocenters. The van der Waals surface area contributed by atoms with Crippen LogP contribution in [0.4, 0.5) is 0 Å². The molecular weight excluding hydrogens is 198 g/mol. The zero-order chi connectivity index (χ0) is 11.6. The second-order valence-electron chi connectivity index (χ2n) is 5.42. The fourth-order valence-electron chi connectivity index (χ4n) is 2.95. The monoisotopic (exact) mass is 221 g/mol. The molecule has 16 heavy (non-hydrogen) atoms. The predicted octanol–water partition coefficient (Wildman–Crippen LogP) is 3.05. The Morgan fingerprint density at radius 1 is 1.12 bits per heavy atom. The number of rotatable bonds is 3. The van der Waals surface area contributed by atoms with Gasteiger partial charge in [-0.1, -0.05) is 19.3 Å². The molecule has 0 saturated heterocycles. The van der Waals surface area contributed by atoms with Crippen molar-refractivity contribution in [1.29, 1.82) is 0 Å². The van der Waals surface area contributed by atoms with E-state index in [9.17, 15) is 5.11 Å². The van der Waals surface area contributed by atoms with Gasteiger partial charge in [-0.25, -0.2) is 0 Å². The van der Waals surface area contributed by atoms with Gasteiger partial charge in [-0.3, -0.25) is 0 Å². The Hall–Kier alpha value is -0.760. The maximum atomic E-state index is 9.71. The highest BCUT2D eigenvalue weighted by Crippen LogP contribution is 2.38. The first-order valence-corrected chi connectivity index (χ1v) is 6.40. The molecule has 0 aromatic carbocycles. The Balaban J connectivity index is 2.17. The number of hydrogen-bond donors (Lipinski definition) is 1. The van der Waals surface area contributed by atoms with E-state index < -0.39 is 0 Å². The van der Waals surface area contributed by atoms with Crippen LogP contribution in [0.2, 0.25) is 0 Å². The fourth-order valence-corrected chi connectivity index (χ4v) is 2.95. The third kappa shape index (κ3) is 2.17. The van der Waals surface area contributed by atoms with Gasteiger partial charge in [0, 0.05) is 23.3 Å². The van der Waals surface area contributed by atoms with E-state index in [1.165, 1.54) is 43.5 Å². The first-order chi connectivity index (χ1) is 7.67. The van der Waals surface area contributed by atoms with E-state index in [4.69, 9.17) is 0 Å². The Bertz CT molecular complexity index is 328. The minimum Gasteiger partial charge on any atom is -0.396 e. The molecule has 1 fully saturated rings. The molecule has 2 nitrogen and oxygen atoms in total. The van der Waals surface area contributed by atoms with Crippen LogP contribution in [0.1, 0.15) is 43.5 Å². The van der Waals surface area contributed by atoms with Crippen molar-refractivity contribution in [1.82, 2.24) is 4.57 Å². The lowest BCUT2D eigenvalue weighted by Crippen LogP contribution is -2.33. The van der Waals surface area contributed by atoms with Crippen molar-refractivity contribution >= 4 is 0 Å². The molecule has 1 saturated carbocycles. The van der Waals surface area contributed by atoms with Gasteiger partial charge in [0.25, 0.3) is 0 Å². The number of aryl methyl sites for hydroxylation is 2. The number of aliphatic hydroxyl groups is 1. The van der Waals surface area contributed by atoms with Crippen LogP contribution in [0.25, 0.3) is 0 Å². The Morgan fingerprint density at radius 3 is 2.19 bits per heavy atom. The van der Waals surface area contributed by atoms with Crippen LogP contribution in [0.5, 0.6) is 0 Å². The van der Waals surface area contributed by atoms with E-state index in [-0.39, 0.29) is 5.41 Å². The number of aromatic nitrogens is 1. The lowest BCUT2D eigenvalue weighted by atomic mass is 9.74. The zero-order valence-electron chi connectivity index (χ0n) is 10.5. The van der Waals surface area contributed by atoms with Gasteiger partial charge in [0.1, 0.15) is 0 Å². The van der Waals surface area contributed by atoms with Crippen molar-refractivity contribution in [3.05, 3.63) is 23.5 Å². The van der Waals surface area contributed by atoms with Crippen LogP contribution in [0.15, 0.2) is 12.1 Å². The summed E-state index contributed by atoms with van der Waals surface area (Å²) in [6.07, 6.45) is 6.26. The summed E-state index contributed by atoms with van der Waals surface area (Å²) in [5, 5.41) is 9.71. The molecule has 2 rings (SSSR count). The maximum absolute atomic E-state index is 9.71. The Labute approximate surface area is 98.3 Å². The van der Waals surface area contributed by atoms with Gasteiger partial charge in [0.05, 0.1) is 6.61 Å². The zero-order valence-corrected chi connectivity index (χ0v) is 10.5. The van der Waals surface area contributed by atoms with Gasteiger partial charge in [0.2, 0.25) is 0 Å². The third-order valence-corrected chi connectivity index (χ3v) is 4.16. The number of hydrogen-bond acceptors (Lipinski definition) is 1. The summed E-state index contributed by atoms with van der Waals surface area (Å²) in [6, 6.07) is 4.34. The van der Waals surface area contributed by atoms with Crippen LogP contribution < -0.4 is 0 Å². The quantitative estimate of drug-likeness (QED) is 0.834. The van der Waals surface area contributed by atoms with E-state index in [1.54, 1.807) is 0 Å². The third-order valence-electron chi connectivity index (χ3n) is 4.16. The van der Waals surface area contributed by atoms with Gasteiger partial charge in [-0.2, -0.15) is 0 Å². The SMILES string of the molecule is Cc1ccc(C)n1CC1(CO)CCCCC1. The molecule has 1 aromatic heterocycles. The molecule has 0 amide bonds. The minimum atomic E-state index is 0.146. The predicted molar refractivity (Wildman–Crippen MR) is 66.5 cm³/mol. The smallest absolute Gasteiger partial charge is 0.0504 e. The Morgan fingerprint density at radius 2 is 1.69 bits per heavy atom. The number of nitrogens with zero attached hydrogens (tertiary/aromatic N) is 1. The van der Waals surface area contributed by atoms with Crippen LogP contribution in [-0.4, -0.2) is 16.3 Å². The molecular formula is C14H23NO. The Kier molecular flexibility index (Phi) is 3.38. The van der Waals surface area contributed by atoms with Crippen molar-refractivity contribution in [3.8, 4) is 0 Å². The van der Waals surface area contributed by atoms with Gasteiger partial charge in [-0.15, -0.1) is 0 Å². The van der Waals surface area contributed by atoms with E-state index in [1.807, 2.05) is 0 Å². The van der Waals surface area contributed by atoms with E-state index in [2.05, 4.69) is 30.5 Å². The molecule has 1 aliphatic carbocycles. The molecule has 90 valence electrons. The average Bonchev–Trinajstić information content (AvgIpc) is 2.62. The van der Waals surface area contributed by atoms with Crippen molar-refractivity contribution in [2.75, 3.05) is 6.61 Å². The summed E-state index contributed by atoms with van der Waals surface area (Å²) in [4.78, 5) is 0. The standard InChI is InChI=1S/C14H23NO/c1-12-6-7-13(2)15(12)10-14(11-16)8-4-3-5-9-14/h6-7,16H,3-5,8-11H2,1-2H3. The van der Waals surface area contributed by atoms with Crippen LogP contribution in [0, 0.1) is 19.3 Å². The molecule has 1 aromatic rings. The topological polar surface area (TPSA) is 25.2 Å². The van der Waals surface area contributed by atoms with Crippen LogP contribution >= 0.6 is 0 Å².